The molecule has 0 radical (unpaired) electrons. The standard InChI is InChI=1S/C12H18O/c1-9(13)11-7-6-10-5-3-4-8-12(10,11)2/h7,10H,3-6,8H2,1-2H3. The number of hydrogen-bond acceptors (Lipinski definition) is 1. The molecule has 0 aromatic heterocycles. The van der Waals surface area contributed by atoms with Crippen LogP contribution >= 0.6 is 0 Å². The Morgan fingerprint density at radius 3 is 3.00 bits per heavy atom. The largest absolute Gasteiger partial charge is 0.295 e. The van der Waals surface area contributed by atoms with Crippen molar-refractivity contribution in [2.75, 3.05) is 0 Å². The molecule has 2 aliphatic rings. The molecular weight excluding hydrogens is 160 g/mol. The Morgan fingerprint density at radius 1 is 1.54 bits per heavy atom. The average molecular weight is 178 g/mol. The summed E-state index contributed by atoms with van der Waals surface area (Å²) in [6, 6.07) is 0. The second-order valence-corrected chi connectivity index (χ2v) is 4.77. The predicted molar refractivity (Wildman–Crippen MR) is 53.4 cm³/mol. The second-order valence-electron chi connectivity index (χ2n) is 4.77. The van der Waals surface area contributed by atoms with Gasteiger partial charge in [0.2, 0.25) is 0 Å². The van der Waals surface area contributed by atoms with Crippen LogP contribution in [0.2, 0.25) is 0 Å². The molecule has 0 saturated heterocycles. The molecule has 0 aromatic rings. The molecule has 0 spiro atoms. The molecular formula is C12H18O. The van der Waals surface area contributed by atoms with Gasteiger partial charge in [-0.2, -0.15) is 0 Å². The summed E-state index contributed by atoms with van der Waals surface area (Å²) in [5.74, 6) is 1.06. The van der Waals surface area contributed by atoms with Gasteiger partial charge in [0.15, 0.2) is 5.78 Å². The Bertz CT molecular complexity index is 264. The van der Waals surface area contributed by atoms with Crippen LogP contribution < -0.4 is 0 Å². The summed E-state index contributed by atoms with van der Waals surface area (Å²) >= 11 is 0. The van der Waals surface area contributed by atoms with Gasteiger partial charge in [0.25, 0.3) is 0 Å². The Morgan fingerprint density at radius 2 is 2.31 bits per heavy atom. The molecule has 0 aromatic carbocycles. The highest BCUT2D eigenvalue weighted by molar-refractivity contribution is 5.95. The van der Waals surface area contributed by atoms with Gasteiger partial charge < -0.3 is 0 Å². The number of Topliss-reactive ketones (excluding diaryl/α,β-unsaturated/α-hetero) is 1. The third kappa shape index (κ3) is 1.25. The van der Waals surface area contributed by atoms with Gasteiger partial charge in [0.1, 0.15) is 0 Å². The summed E-state index contributed by atoms with van der Waals surface area (Å²) in [6.45, 7) is 4.01. The molecule has 0 heterocycles. The molecule has 1 heteroatoms. The lowest BCUT2D eigenvalue weighted by molar-refractivity contribution is -0.115. The van der Waals surface area contributed by atoms with E-state index in [1.807, 2.05) is 0 Å². The van der Waals surface area contributed by atoms with E-state index >= 15 is 0 Å². The zero-order valence-corrected chi connectivity index (χ0v) is 8.60. The van der Waals surface area contributed by atoms with Gasteiger partial charge in [-0.3, -0.25) is 4.79 Å². The average Bonchev–Trinajstić information content (AvgIpc) is 2.41. The number of ketones is 1. The summed E-state index contributed by atoms with van der Waals surface area (Å²) < 4.78 is 0. The van der Waals surface area contributed by atoms with Crippen LogP contribution in [0.15, 0.2) is 11.6 Å². The van der Waals surface area contributed by atoms with Crippen LogP contribution in [0.25, 0.3) is 0 Å². The molecule has 1 saturated carbocycles. The van der Waals surface area contributed by atoms with Gasteiger partial charge in [-0.15, -0.1) is 0 Å². The lowest BCUT2D eigenvalue weighted by Gasteiger charge is -2.38. The molecule has 13 heavy (non-hydrogen) atoms. The molecule has 0 amide bonds. The van der Waals surface area contributed by atoms with Gasteiger partial charge in [0.05, 0.1) is 0 Å². The van der Waals surface area contributed by atoms with Crippen molar-refractivity contribution < 1.29 is 4.79 Å². The van der Waals surface area contributed by atoms with Crippen molar-refractivity contribution in [1.29, 1.82) is 0 Å². The van der Waals surface area contributed by atoms with Crippen LogP contribution in [-0.4, -0.2) is 5.78 Å². The number of hydrogen-bond donors (Lipinski definition) is 0. The molecule has 0 aliphatic heterocycles. The van der Waals surface area contributed by atoms with E-state index in [9.17, 15) is 4.79 Å². The lowest BCUT2D eigenvalue weighted by atomic mass is 9.66. The van der Waals surface area contributed by atoms with Crippen LogP contribution in [0.5, 0.6) is 0 Å². The van der Waals surface area contributed by atoms with Crippen molar-refractivity contribution in [3.63, 3.8) is 0 Å². The maximum absolute atomic E-state index is 11.4. The molecule has 2 rings (SSSR count). The highest BCUT2D eigenvalue weighted by Gasteiger charge is 2.43. The molecule has 72 valence electrons. The summed E-state index contributed by atoms with van der Waals surface area (Å²) in [6.07, 6.45) is 8.55. The van der Waals surface area contributed by atoms with E-state index in [1.54, 1.807) is 6.92 Å². The summed E-state index contributed by atoms with van der Waals surface area (Å²) in [4.78, 5) is 11.4. The Balaban J connectivity index is 2.27. The molecule has 0 N–H and O–H groups in total. The monoisotopic (exact) mass is 178 g/mol. The van der Waals surface area contributed by atoms with E-state index in [2.05, 4.69) is 13.0 Å². The second kappa shape index (κ2) is 2.97. The van der Waals surface area contributed by atoms with Gasteiger partial charge in [-0.1, -0.05) is 25.8 Å². The zero-order chi connectivity index (χ0) is 9.47. The Kier molecular flexibility index (Phi) is 2.05. The first-order valence-electron chi connectivity index (χ1n) is 5.36. The van der Waals surface area contributed by atoms with E-state index in [-0.39, 0.29) is 5.41 Å². The van der Waals surface area contributed by atoms with Gasteiger partial charge in [-0.05, 0) is 43.1 Å². The van der Waals surface area contributed by atoms with Crippen molar-refractivity contribution in [2.24, 2.45) is 11.3 Å². The van der Waals surface area contributed by atoms with Crippen LogP contribution in [0, 0.1) is 11.3 Å². The maximum atomic E-state index is 11.4. The molecule has 0 bridgehead atoms. The van der Waals surface area contributed by atoms with E-state index in [0.717, 1.165) is 17.9 Å². The third-order valence-corrected chi connectivity index (χ3v) is 4.00. The van der Waals surface area contributed by atoms with Crippen LogP contribution in [0.1, 0.15) is 46.0 Å². The summed E-state index contributed by atoms with van der Waals surface area (Å²) in [7, 11) is 0. The fraction of sp³-hybridized carbons (Fsp3) is 0.750. The van der Waals surface area contributed by atoms with E-state index in [0.29, 0.717) is 5.78 Å². The lowest BCUT2D eigenvalue weighted by Crippen LogP contribution is -2.30. The fourth-order valence-corrected chi connectivity index (χ4v) is 3.18. The van der Waals surface area contributed by atoms with Gasteiger partial charge >= 0.3 is 0 Å². The molecule has 1 fully saturated rings. The van der Waals surface area contributed by atoms with Crippen molar-refractivity contribution >= 4 is 5.78 Å². The number of carbonyl (C=O) groups is 1. The first-order chi connectivity index (χ1) is 6.14. The molecule has 2 aliphatic carbocycles. The topological polar surface area (TPSA) is 17.1 Å². The van der Waals surface area contributed by atoms with Crippen molar-refractivity contribution in [2.45, 2.75) is 46.0 Å². The Labute approximate surface area is 80.2 Å². The van der Waals surface area contributed by atoms with Crippen molar-refractivity contribution in [1.82, 2.24) is 0 Å². The first-order valence-corrected chi connectivity index (χ1v) is 5.36. The van der Waals surface area contributed by atoms with Crippen molar-refractivity contribution in [3.05, 3.63) is 11.6 Å². The van der Waals surface area contributed by atoms with Crippen LogP contribution in [0.4, 0.5) is 0 Å². The van der Waals surface area contributed by atoms with Crippen molar-refractivity contribution in [3.8, 4) is 0 Å². The fourth-order valence-electron chi connectivity index (χ4n) is 3.18. The maximum Gasteiger partial charge on any atom is 0.156 e. The number of allylic oxidation sites excluding steroid dienone is 2. The van der Waals surface area contributed by atoms with Crippen LogP contribution in [-0.2, 0) is 4.79 Å². The molecule has 2 unspecified atom stereocenters. The minimum Gasteiger partial charge on any atom is -0.295 e. The minimum atomic E-state index is 0.240. The molecule has 2 atom stereocenters. The normalized spacial score (nSPS) is 38.3. The van der Waals surface area contributed by atoms with Crippen LogP contribution in [0.3, 0.4) is 0 Å². The highest BCUT2D eigenvalue weighted by Crippen LogP contribution is 2.52. The number of fused-ring (bicyclic) bond motifs is 1. The van der Waals surface area contributed by atoms with E-state index in [1.165, 1.54) is 25.7 Å². The SMILES string of the molecule is CC(=O)C1=CCC2CCCCC12C. The molecule has 1 nitrogen and oxygen atoms in total. The quantitative estimate of drug-likeness (QED) is 0.603. The third-order valence-electron chi connectivity index (χ3n) is 4.00. The van der Waals surface area contributed by atoms with Gasteiger partial charge in [0, 0.05) is 0 Å². The van der Waals surface area contributed by atoms with E-state index < -0.39 is 0 Å². The summed E-state index contributed by atoms with van der Waals surface area (Å²) in [5.41, 5.74) is 1.36. The number of rotatable bonds is 1. The highest BCUT2D eigenvalue weighted by atomic mass is 16.1. The number of carbonyl (C=O) groups excluding carboxylic acids is 1. The summed E-state index contributed by atoms with van der Waals surface area (Å²) in [5, 5.41) is 0. The van der Waals surface area contributed by atoms with Gasteiger partial charge in [-0.25, -0.2) is 0 Å². The Hall–Kier alpha value is -0.590. The smallest absolute Gasteiger partial charge is 0.156 e. The zero-order valence-electron chi connectivity index (χ0n) is 8.60. The predicted octanol–water partition coefficient (Wildman–Crippen LogP) is 3.10. The minimum absolute atomic E-state index is 0.240. The van der Waals surface area contributed by atoms with E-state index in [4.69, 9.17) is 0 Å². The first kappa shape index (κ1) is 8.98.